The van der Waals surface area contributed by atoms with E-state index in [9.17, 15) is 0 Å². The lowest BCUT2D eigenvalue weighted by Crippen LogP contribution is -2.35. The molecule has 3 heteroatoms. The minimum atomic E-state index is 0.0325. The second-order valence-electron chi connectivity index (χ2n) is 4.69. The van der Waals surface area contributed by atoms with Crippen LogP contribution in [0.3, 0.4) is 0 Å². The molecule has 1 aliphatic heterocycles. The van der Waals surface area contributed by atoms with Crippen LogP contribution < -0.4 is 5.73 Å². The molecule has 2 atom stereocenters. The number of thiophene rings is 1. The van der Waals surface area contributed by atoms with E-state index in [4.69, 9.17) is 10.5 Å². The van der Waals surface area contributed by atoms with Gasteiger partial charge in [0.1, 0.15) is 0 Å². The SMILES string of the molecule is NC(Cc1cccs1)C1OCCc2ccccc21. The Hall–Kier alpha value is -1.16. The Balaban J connectivity index is 1.80. The fourth-order valence-corrected chi connectivity index (χ4v) is 3.33. The van der Waals surface area contributed by atoms with Gasteiger partial charge >= 0.3 is 0 Å². The fraction of sp³-hybridized carbons (Fsp3) is 0.333. The van der Waals surface area contributed by atoms with Crippen LogP contribution in [-0.2, 0) is 17.6 Å². The zero-order valence-electron chi connectivity index (χ0n) is 10.2. The molecule has 0 amide bonds. The van der Waals surface area contributed by atoms with Crippen molar-refractivity contribution >= 4 is 11.3 Å². The molecular weight excluding hydrogens is 242 g/mol. The highest BCUT2D eigenvalue weighted by Crippen LogP contribution is 2.30. The average molecular weight is 259 g/mol. The third-order valence-corrected chi connectivity index (χ3v) is 4.34. The Bertz CT molecular complexity index is 509. The molecule has 1 aromatic carbocycles. The highest BCUT2D eigenvalue weighted by Gasteiger charge is 2.26. The van der Waals surface area contributed by atoms with Crippen LogP contribution in [0, 0.1) is 0 Å². The van der Waals surface area contributed by atoms with Crippen LogP contribution in [-0.4, -0.2) is 12.6 Å². The number of fused-ring (bicyclic) bond motifs is 1. The molecule has 0 saturated heterocycles. The summed E-state index contributed by atoms with van der Waals surface area (Å²) >= 11 is 1.76. The largest absolute Gasteiger partial charge is 0.372 e. The Morgan fingerprint density at radius 3 is 3.00 bits per heavy atom. The summed E-state index contributed by atoms with van der Waals surface area (Å²) in [6, 6.07) is 12.7. The molecule has 0 saturated carbocycles. The van der Waals surface area contributed by atoms with Crippen LogP contribution in [0.15, 0.2) is 41.8 Å². The molecule has 18 heavy (non-hydrogen) atoms. The number of hydrogen-bond acceptors (Lipinski definition) is 3. The van der Waals surface area contributed by atoms with Gasteiger partial charge < -0.3 is 10.5 Å². The van der Waals surface area contributed by atoms with Crippen LogP contribution in [0.4, 0.5) is 0 Å². The molecule has 0 aliphatic carbocycles. The maximum absolute atomic E-state index is 6.34. The Morgan fingerprint density at radius 1 is 1.28 bits per heavy atom. The molecule has 2 heterocycles. The first-order valence-corrected chi connectivity index (χ1v) is 7.20. The Kier molecular flexibility index (Phi) is 3.46. The molecule has 0 spiro atoms. The standard InChI is InChI=1S/C15H17NOS/c16-14(10-12-5-3-9-18-12)15-13-6-2-1-4-11(13)7-8-17-15/h1-6,9,14-15H,7-8,10,16H2. The van der Waals surface area contributed by atoms with Gasteiger partial charge in [0.2, 0.25) is 0 Å². The number of hydrogen-bond donors (Lipinski definition) is 1. The lowest BCUT2D eigenvalue weighted by molar-refractivity contribution is 0.0248. The van der Waals surface area contributed by atoms with E-state index in [1.807, 2.05) is 0 Å². The lowest BCUT2D eigenvalue weighted by atomic mass is 9.92. The summed E-state index contributed by atoms with van der Waals surface area (Å²) in [4.78, 5) is 1.33. The highest BCUT2D eigenvalue weighted by atomic mass is 32.1. The van der Waals surface area contributed by atoms with Crippen LogP contribution in [0.5, 0.6) is 0 Å². The maximum Gasteiger partial charge on any atom is 0.0982 e. The minimum Gasteiger partial charge on any atom is -0.372 e. The first-order valence-electron chi connectivity index (χ1n) is 6.32. The smallest absolute Gasteiger partial charge is 0.0982 e. The van der Waals surface area contributed by atoms with Gasteiger partial charge in [0.25, 0.3) is 0 Å². The van der Waals surface area contributed by atoms with Crippen molar-refractivity contribution < 1.29 is 4.74 Å². The Morgan fingerprint density at radius 2 is 2.17 bits per heavy atom. The molecule has 3 rings (SSSR count). The second-order valence-corrected chi connectivity index (χ2v) is 5.72. The minimum absolute atomic E-state index is 0.0325. The van der Waals surface area contributed by atoms with Crippen molar-refractivity contribution in [2.24, 2.45) is 5.73 Å². The van der Waals surface area contributed by atoms with E-state index in [2.05, 4.69) is 41.8 Å². The molecule has 2 nitrogen and oxygen atoms in total. The van der Waals surface area contributed by atoms with Crippen LogP contribution in [0.1, 0.15) is 22.1 Å². The molecule has 2 aromatic rings. The average Bonchev–Trinajstić information content (AvgIpc) is 2.91. The summed E-state index contributed by atoms with van der Waals surface area (Å²) in [7, 11) is 0. The molecule has 2 N–H and O–H groups in total. The molecule has 2 unspecified atom stereocenters. The highest BCUT2D eigenvalue weighted by molar-refractivity contribution is 7.09. The second kappa shape index (κ2) is 5.22. The van der Waals surface area contributed by atoms with E-state index in [1.165, 1.54) is 16.0 Å². The van der Waals surface area contributed by atoms with Crippen LogP contribution in [0.25, 0.3) is 0 Å². The monoisotopic (exact) mass is 259 g/mol. The maximum atomic E-state index is 6.34. The number of rotatable bonds is 3. The van der Waals surface area contributed by atoms with Crippen LogP contribution >= 0.6 is 11.3 Å². The number of ether oxygens (including phenoxy) is 1. The lowest BCUT2D eigenvalue weighted by Gasteiger charge is -2.30. The first-order chi connectivity index (χ1) is 8.84. The molecular formula is C15H17NOS. The van der Waals surface area contributed by atoms with Crippen molar-refractivity contribution in [2.45, 2.75) is 25.0 Å². The summed E-state index contributed by atoms with van der Waals surface area (Å²) in [5, 5.41) is 2.09. The first kappa shape index (κ1) is 11.9. The molecule has 1 aromatic heterocycles. The molecule has 94 valence electrons. The van der Waals surface area contributed by atoms with E-state index >= 15 is 0 Å². The van der Waals surface area contributed by atoms with E-state index < -0.39 is 0 Å². The zero-order valence-corrected chi connectivity index (χ0v) is 11.0. The van der Waals surface area contributed by atoms with E-state index in [0.717, 1.165) is 19.4 Å². The molecule has 0 radical (unpaired) electrons. The summed E-state index contributed by atoms with van der Waals surface area (Å²) in [6.07, 6.45) is 1.92. The van der Waals surface area contributed by atoms with Crippen LogP contribution in [0.2, 0.25) is 0 Å². The van der Waals surface area contributed by atoms with Gasteiger partial charge in [-0.25, -0.2) is 0 Å². The zero-order chi connectivity index (χ0) is 12.4. The summed E-state index contributed by atoms with van der Waals surface area (Å²) in [6.45, 7) is 0.778. The number of nitrogens with two attached hydrogens (primary N) is 1. The predicted molar refractivity (Wildman–Crippen MR) is 74.8 cm³/mol. The van der Waals surface area contributed by atoms with Crippen molar-refractivity contribution in [3.05, 3.63) is 57.8 Å². The molecule has 0 fully saturated rings. The van der Waals surface area contributed by atoms with E-state index in [1.54, 1.807) is 11.3 Å². The van der Waals surface area contributed by atoms with Gasteiger partial charge in [-0.1, -0.05) is 30.3 Å². The van der Waals surface area contributed by atoms with Crippen molar-refractivity contribution in [3.8, 4) is 0 Å². The third kappa shape index (κ3) is 2.34. The predicted octanol–water partition coefficient (Wildman–Crippen LogP) is 2.93. The molecule has 1 aliphatic rings. The van der Waals surface area contributed by atoms with E-state index in [-0.39, 0.29) is 12.1 Å². The third-order valence-electron chi connectivity index (χ3n) is 3.44. The van der Waals surface area contributed by atoms with Gasteiger partial charge in [0, 0.05) is 10.9 Å². The van der Waals surface area contributed by atoms with Gasteiger partial charge in [-0.15, -0.1) is 11.3 Å². The van der Waals surface area contributed by atoms with Gasteiger partial charge in [-0.05, 0) is 35.4 Å². The van der Waals surface area contributed by atoms with Gasteiger partial charge in [0.05, 0.1) is 12.7 Å². The van der Waals surface area contributed by atoms with Crippen molar-refractivity contribution in [2.75, 3.05) is 6.61 Å². The molecule has 0 bridgehead atoms. The van der Waals surface area contributed by atoms with Crippen molar-refractivity contribution in [1.29, 1.82) is 0 Å². The topological polar surface area (TPSA) is 35.2 Å². The quantitative estimate of drug-likeness (QED) is 0.920. The summed E-state index contributed by atoms with van der Waals surface area (Å²) < 4.78 is 5.89. The summed E-state index contributed by atoms with van der Waals surface area (Å²) in [5.41, 5.74) is 8.99. The van der Waals surface area contributed by atoms with Gasteiger partial charge in [0.15, 0.2) is 0 Å². The normalized spacial score (nSPS) is 20.4. The van der Waals surface area contributed by atoms with Crippen molar-refractivity contribution in [3.63, 3.8) is 0 Å². The van der Waals surface area contributed by atoms with E-state index in [0.29, 0.717) is 0 Å². The number of benzene rings is 1. The summed E-state index contributed by atoms with van der Waals surface area (Å²) in [5.74, 6) is 0. The van der Waals surface area contributed by atoms with Gasteiger partial charge in [-0.2, -0.15) is 0 Å². The fourth-order valence-electron chi connectivity index (χ4n) is 2.55. The Labute approximate surface area is 111 Å². The van der Waals surface area contributed by atoms with Gasteiger partial charge in [-0.3, -0.25) is 0 Å². The van der Waals surface area contributed by atoms with Crippen molar-refractivity contribution in [1.82, 2.24) is 0 Å².